The number of nitrogens with one attached hydrogen (secondary N) is 2. The van der Waals surface area contributed by atoms with Crippen molar-refractivity contribution in [3.05, 3.63) is 40.0 Å². The summed E-state index contributed by atoms with van der Waals surface area (Å²) in [4.78, 5) is 22.1. The standard InChI is InChI=1S/C19H18FN3O2S/c1-25-19(24)12-7-11(20)8-13-16(12)23-18(22-13)14-6-10-4-5-21-15(9-2-3-9)17(10)26-14/h6-9,15,21H,2-5H2,1H3,(H,22,23). The number of carbonyl (C=O) groups is 1. The van der Waals surface area contributed by atoms with Gasteiger partial charge in [0.15, 0.2) is 0 Å². The van der Waals surface area contributed by atoms with Crippen molar-refractivity contribution in [1.82, 2.24) is 15.3 Å². The molecule has 5 nitrogen and oxygen atoms in total. The molecule has 1 atom stereocenters. The van der Waals surface area contributed by atoms with E-state index in [4.69, 9.17) is 4.74 Å². The van der Waals surface area contributed by atoms with Gasteiger partial charge in [0.25, 0.3) is 0 Å². The van der Waals surface area contributed by atoms with Crippen LogP contribution < -0.4 is 5.32 Å². The number of methoxy groups -OCH3 is 1. The van der Waals surface area contributed by atoms with Gasteiger partial charge in [-0.05, 0) is 55.5 Å². The molecule has 5 rings (SSSR count). The quantitative estimate of drug-likeness (QED) is 0.687. The van der Waals surface area contributed by atoms with Crippen molar-refractivity contribution in [3.8, 4) is 10.7 Å². The summed E-state index contributed by atoms with van der Waals surface area (Å²) in [6, 6.07) is 5.17. The summed E-state index contributed by atoms with van der Waals surface area (Å²) in [7, 11) is 1.28. The number of hydrogen-bond acceptors (Lipinski definition) is 5. The Labute approximate surface area is 153 Å². The maximum atomic E-state index is 13.9. The molecule has 2 aromatic heterocycles. The van der Waals surface area contributed by atoms with Crippen molar-refractivity contribution in [2.75, 3.05) is 13.7 Å². The Morgan fingerprint density at radius 3 is 2.96 bits per heavy atom. The molecule has 3 aromatic rings. The number of carbonyl (C=O) groups excluding carboxylic acids is 1. The molecule has 0 bridgehead atoms. The van der Waals surface area contributed by atoms with Gasteiger partial charge in [-0.2, -0.15) is 0 Å². The van der Waals surface area contributed by atoms with Crippen LogP contribution in [0, 0.1) is 11.7 Å². The highest BCUT2D eigenvalue weighted by atomic mass is 32.1. The molecule has 134 valence electrons. The smallest absolute Gasteiger partial charge is 0.340 e. The third kappa shape index (κ3) is 2.54. The van der Waals surface area contributed by atoms with E-state index in [-0.39, 0.29) is 5.56 Å². The fourth-order valence-corrected chi connectivity index (χ4v) is 5.07. The van der Waals surface area contributed by atoms with Gasteiger partial charge in [0.2, 0.25) is 0 Å². The molecule has 2 N–H and O–H groups in total. The number of fused-ring (bicyclic) bond motifs is 2. The lowest BCUT2D eigenvalue weighted by Crippen LogP contribution is -2.29. The molecule has 0 amide bonds. The van der Waals surface area contributed by atoms with E-state index >= 15 is 0 Å². The summed E-state index contributed by atoms with van der Waals surface area (Å²) in [5.74, 6) is 0.341. The average Bonchev–Trinajstić information content (AvgIpc) is 3.24. The zero-order chi connectivity index (χ0) is 17.8. The van der Waals surface area contributed by atoms with Gasteiger partial charge in [-0.15, -0.1) is 11.3 Å². The third-order valence-electron chi connectivity index (χ3n) is 5.17. The lowest BCUT2D eigenvalue weighted by molar-refractivity contribution is 0.0602. The molecule has 2 aliphatic rings. The fraction of sp³-hybridized carbons (Fsp3) is 0.368. The molecule has 1 unspecified atom stereocenters. The van der Waals surface area contributed by atoms with E-state index in [9.17, 15) is 9.18 Å². The largest absolute Gasteiger partial charge is 0.465 e. The Balaban J connectivity index is 1.61. The summed E-state index contributed by atoms with van der Waals surface area (Å²) in [6.07, 6.45) is 3.59. The van der Waals surface area contributed by atoms with Crippen LogP contribution in [0.4, 0.5) is 4.39 Å². The Hall–Kier alpha value is -2.25. The lowest BCUT2D eigenvalue weighted by Gasteiger charge is -2.23. The van der Waals surface area contributed by atoms with E-state index in [1.54, 1.807) is 11.3 Å². The van der Waals surface area contributed by atoms with Crippen molar-refractivity contribution < 1.29 is 13.9 Å². The molecule has 0 saturated heterocycles. The monoisotopic (exact) mass is 371 g/mol. The van der Waals surface area contributed by atoms with Crippen molar-refractivity contribution in [3.63, 3.8) is 0 Å². The predicted molar refractivity (Wildman–Crippen MR) is 97.9 cm³/mol. The zero-order valence-corrected chi connectivity index (χ0v) is 15.1. The van der Waals surface area contributed by atoms with Gasteiger partial charge in [0, 0.05) is 10.9 Å². The van der Waals surface area contributed by atoms with Gasteiger partial charge in [-0.3, -0.25) is 0 Å². The highest BCUT2D eigenvalue weighted by Crippen LogP contribution is 2.47. The van der Waals surface area contributed by atoms with E-state index in [1.807, 2.05) is 0 Å². The first kappa shape index (κ1) is 16.0. The van der Waals surface area contributed by atoms with Gasteiger partial charge in [0.05, 0.1) is 23.1 Å². The van der Waals surface area contributed by atoms with Gasteiger partial charge in [-0.1, -0.05) is 0 Å². The first-order valence-electron chi connectivity index (χ1n) is 8.78. The molecule has 0 spiro atoms. The number of nitrogens with zero attached hydrogens (tertiary/aromatic N) is 1. The van der Waals surface area contributed by atoms with Crippen LogP contribution in [-0.2, 0) is 11.2 Å². The van der Waals surface area contributed by atoms with Crippen LogP contribution in [-0.4, -0.2) is 29.6 Å². The number of imidazole rings is 1. The number of aromatic amines is 1. The second-order valence-corrected chi connectivity index (χ2v) is 8.03. The summed E-state index contributed by atoms with van der Waals surface area (Å²) in [5, 5.41) is 3.64. The number of benzene rings is 1. The molecule has 7 heteroatoms. The molecule has 1 aliphatic carbocycles. The second-order valence-electron chi connectivity index (χ2n) is 6.95. The summed E-state index contributed by atoms with van der Waals surface area (Å²) < 4.78 is 18.6. The summed E-state index contributed by atoms with van der Waals surface area (Å²) >= 11 is 1.74. The molecule has 1 aromatic carbocycles. The summed E-state index contributed by atoms with van der Waals surface area (Å²) in [5.41, 5.74) is 2.46. The number of ether oxygens (including phenoxy) is 1. The molecule has 26 heavy (non-hydrogen) atoms. The number of esters is 1. The van der Waals surface area contributed by atoms with Gasteiger partial charge >= 0.3 is 5.97 Å². The first-order chi connectivity index (χ1) is 12.6. The maximum absolute atomic E-state index is 13.9. The van der Waals surface area contributed by atoms with Crippen LogP contribution >= 0.6 is 11.3 Å². The minimum atomic E-state index is -0.587. The van der Waals surface area contributed by atoms with Crippen LogP contribution in [0.25, 0.3) is 21.7 Å². The van der Waals surface area contributed by atoms with Gasteiger partial charge in [0.1, 0.15) is 17.2 Å². The Kier molecular flexibility index (Phi) is 3.62. The van der Waals surface area contributed by atoms with E-state index in [0.717, 1.165) is 23.8 Å². The number of halogens is 1. The number of rotatable bonds is 3. The number of hydrogen-bond donors (Lipinski definition) is 2. The minimum absolute atomic E-state index is 0.142. The zero-order valence-electron chi connectivity index (χ0n) is 14.3. The molecule has 1 aliphatic heterocycles. The predicted octanol–water partition coefficient (Wildman–Crippen LogP) is 3.81. The van der Waals surface area contributed by atoms with Crippen molar-refractivity contribution in [2.45, 2.75) is 25.3 Å². The molecule has 1 saturated carbocycles. The summed E-state index contributed by atoms with van der Waals surface area (Å²) in [6.45, 7) is 1.00. The highest BCUT2D eigenvalue weighted by molar-refractivity contribution is 7.15. The van der Waals surface area contributed by atoms with Crippen molar-refractivity contribution in [1.29, 1.82) is 0 Å². The van der Waals surface area contributed by atoms with Crippen LogP contribution in [0.1, 0.15) is 39.7 Å². The Bertz CT molecular complexity index is 1020. The molecule has 3 heterocycles. The van der Waals surface area contributed by atoms with Crippen molar-refractivity contribution in [2.24, 2.45) is 5.92 Å². The van der Waals surface area contributed by atoms with Crippen molar-refractivity contribution >= 4 is 28.3 Å². The van der Waals surface area contributed by atoms with E-state index in [1.165, 1.54) is 42.5 Å². The normalized spacial score (nSPS) is 19.5. The van der Waals surface area contributed by atoms with Crippen LogP contribution in [0.3, 0.4) is 0 Å². The molecule has 0 radical (unpaired) electrons. The SMILES string of the molecule is COC(=O)c1cc(F)cc2[nH]c(-c3cc4c(s3)C(C3CC3)NCC4)nc12. The number of aromatic nitrogens is 2. The van der Waals surface area contributed by atoms with Crippen LogP contribution in [0.5, 0.6) is 0 Å². The first-order valence-corrected chi connectivity index (χ1v) is 9.59. The maximum Gasteiger partial charge on any atom is 0.340 e. The fourth-order valence-electron chi connectivity index (χ4n) is 3.75. The van der Waals surface area contributed by atoms with E-state index in [0.29, 0.717) is 22.9 Å². The van der Waals surface area contributed by atoms with Gasteiger partial charge < -0.3 is 15.0 Å². The topological polar surface area (TPSA) is 67.0 Å². The Morgan fingerprint density at radius 1 is 1.35 bits per heavy atom. The second kappa shape index (κ2) is 5.89. The number of thiophene rings is 1. The van der Waals surface area contributed by atoms with E-state index < -0.39 is 11.8 Å². The number of H-pyrrole nitrogens is 1. The third-order valence-corrected chi connectivity index (χ3v) is 6.43. The minimum Gasteiger partial charge on any atom is -0.465 e. The Morgan fingerprint density at radius 2 is 2.19 bits per heavy atom. The van der Waals surface area contributed by atoms with Crippen LogP contribution in [0.15, 0.2) is 18.2 Å². The highest BCUT2D eigenvalue weighted by Gasteiger charge is 2.36. The van der Waals surface area contributed by atoms with Crippen LogP contribution in [0.2, 0.25) is 0 Å². The van der Waals surface area contributed by atoms with E-state index in [2.05, 4.69) is 21.4 Å². The molecule has 1 fully saturated rings. The lowest BCUT2D eigenvalue weighted by atomic mass is 10.0. The molecular formula is C19H18FN3O2S. The molecular weight excluding hydrogens is 353 g/mol. The van der Waals surface area contributed by atoms with Gasteiger partial charge in [-0.25, -0.2) is 14.2 Å². The average molecular weight is 371 g/mol.